The summed E-state index contributed by atoms with van der Waals surface area (Å²) in [6, 6.07) is 3.92. The minimum absolute atomic E-state index is 0.0273. The molecule has 0 fully saturated rings. The van der Waals surface area contributed by atoms with Crippen LogP contribution >= 0.6 is 15.9 Å². The van der Waals surface area contributed by atoms with Crippen LogP contribution in [0.5, 0.6) is 0 Å². The van der Waals surface area contributed by atoms with E-state index in [1.165, 1.54) is 18.2 Å². The molecule has 19 heavy (non-hydrogen) atoms. The molecule has 0 aliphatic carbocycles. The van der Waals surface area contributed by atoms with Crippen LogP contribution in [0.2, 0.25) is 0 Å². The molecule has 2 nitrogen and oxygen atoms in total. The van der Waals surface area contributed by atoms with Gasteiger partial charge in [-0.15, -0.1) is 0 Å². The van der Waals surface area contributed by atoms with E-state index in [2.05, 4.69) is 20.7 Å². The molecule has 0 saturated carbocycles. The first kappa shape index (κ1) is 16.7. The Morgan fingerprint density at radius 2 is 1.84 bits per heavy atom. The number of hydrogen-bond acceptors (Lipinski definition) is 1. The van der Waals surface area contributed by atoms with Gasteiger partial charge in [0.25, 0.3) is 0 Å². The van der Waals surface area contributed by atoms with Gasteiger partial charge in [-0.05, 0) is 38.5 Å². The highest BCUT2D eigenvalue weighted by Crippen LogP contribution is 2.34. The fraction of sp³-hybridized carbons (Fsp3) is 0.500. The number of alkyl halides is 3. The molecule has 0 saturated heterocycles. The average molecular weight is 358 g/mol. The zero-order chi connectivity index (χ0) is 14.8. The van der Waals surface area contributed by atoms with Gasteiger partial charge in [0, 0.05) is 4.47 Å². The van der Waals surface area contributed by atoms with E-state index in [0.717, 1.165) is 0 Å². The summed E-state index contributed by atoms with van der Waals surface area (Å²) < 4.78 is 53.0. The molecule has 2 atom stereocenters. The highest BCUT2D eigenvalue weighted by atomic mass is 79.9. The Hall–Kier alpha value is -0.400. The molecule has 0 spiro atoms. The molecular formula is C12H15BrF3NOS. The minimum Gasteiger partial charge on any atom is -0.242 e. The van der Waals surface area contributed by atoms with E-state index in [1.54, 1.807) is 26.8 Å². The molecule has 1 rings (SSSR count). The summed E-state index contributed by atoms with van der Waals surface area (Å²) in [5.41, 5.74) is 0.0273. The van der Waals surface area contributed by atoms with E-state index in [0.29, 0.717) is 4.47 Å². The fourth-order valence-corrected chi connectivity index (χ4v) is 2.55. The van der Waals surface area contributed by atoms with Crippen LogP contribution in [-0.4, -0.2) is 15.1 Å². The lowest BCUT2D eigenvalue weighted by molar-refractivity contribution is -0.152. The fourth-order valence-electron chi connectivity index (χ4n) is 1.29. The smallest absolute Gasteiger partial charge is 0.242 e. The molecule has 1 unspecified atom stereocenters. The summed E-state index contributed by atoms with van der Waals surface area (Å²) >= 11 is 3.13. The van der Waals surface area contributed by atoms with E-state index in [4.69, 9.17) is 0 Å². The SMILES string of the molecule is CC(C)(C)S(=O)N[C@@H](c1cccc(Br)c1)C(F)(F)F. The standard InChI is InChI=1S/C12H15BrF3NOS/c1-11(2,3)19(18)17-10(12(14,15)16)8-5-4-6-9(13)7-8/h4-7,10,17H,1-3H3/t10-,19?/m0/s1. The first-order valence-corrected chi connectivity index (χ1v) is 7.46. The topological polar surface area (TPSA) is 29.1 Å². The Bertz CT molecular complexity index is 471. The van der Waals surface area contributed by atoms with Gasteiger partial charge in [0.2, 0.25) is 0 Å². The van der Waals surface area contributed by atoms with Gasteiger partial charge in [-0.2, -0.15) is 13.2 Å². The Morgan fingerprint density at radius 3 is 2.26 bits per heavy atom. The lowest BCUT2D eigenvalue weighted by Gasteiger charge is -2.26. The number of benzene rings is 1. The molecule has 108 valence electrons. The number of nitrogens with one attached hydrogen (secondary N) is 1. The first-order valence-electron chi connectivity index (χ1n) is 5.52. The van der Waals surface area contributed by atoms with Crippen molar-refractivity contribution in [3.63, 3.8) is 0 Å². The number of halogens is 4. The predicted octanol–water partition coefficient (Wildman–Crippen LogP) is 4.10. The Kier molecular flexibility index (Phi) is 5.20. The van der Waals surface area contributed by atoms with Crippen molar-refractivity contribution in [3.8, 4) is 0 Å². The van der Waals surface area contributed by atoms with Crippen LogP contribution in [0.25, 0.3) is 0 Å². The maximum atomic E-state index is 13.1. The molecule has 0 amide bonds. The van der Waals surface area contributed by atoms with Gasteiger partial charge in [-0.25, -0.2) is 8.93 Å². The molecule has 0 aromatic heterocycles. The minimum atomic E-state index is -4.51. The molecular weight excluding hydrogens is 343 g/mol. The van der Waals surface area contributed by atoms with E-state index in [1.807, 2.05) is 0 Å². The third-order valence-electron chi connectivity index (χ3n) is 2.29. The van der Waals surface area contributed by atoms with Crippen molar-refractivity contribution >= 4 is 26.9 Å². The Balaban J connectivity index is 3.08. The molecule has 0 heterocycles. The van der Waals surface area contributed by atoms with Crippen LogP contribution in [-0.2, 0) is 11.0 Å². The first-order chi connectivity index (χ1) is 8.51. The zero-order valence-corrected chi connectivity index (χ0v) is 13.1. The molecule has 0 bridgehead atoms. The van der Waals surface area contributed by atoms with Crippen LogP contribution in [0.3, 0.4) is 0 Å². The summed E-state index contributed by atoms with van der Waals surface area (Å²) in [5, 5.41) is 0. The quantitative estimate of drug-likeness (QED) is 0.866. The van der Waals surface area contributed by atoms with Gasteiger partial charge < -0.3 is 0 Å². The molecule has 0 aliphatic heterocycles. The van der Waals surface area contributed by atoms with Crippen molar-refractivity contribution < 1.29 is 17.4 Å². The summed E-state index contributed by atoms with van der Waals surface area (Å²) in [7, 11) is -1.81. The summed E-state index contributed by atoms with van der Waals surface area (Å²) in [6.45, 7) is 4.85. The Morgan fingerprint density at radius 1 is 1.26 bits per heavy atom. The molecule has 7 heteroatoms. The largest absolute Gasteiger partial charge is 0.408 e. The van der Waals surface area contributed by atoms with Crippen LogP contribution in [0.4, 0.5) is 13.2 Å². The highest BCUT2D eigenvalue weighted by Gasteiger charge is 2.43. The lowest BCUT2D eigenvalue weighted by Crippen LogP contribution is -2.41. The van der Waals surface area contributed by atoms with Crippen LogP contribution < -0.4 is 4.72 Å². The van der Waals surface area contributed by atoms with Crippen LogP contribution in [0.15, 0.2) is 28.7 Å². The second-order valence-electron chi connectivity index (χ2n) is 5.03. The second kappa shape index (κ2) is 5.93. The van der Waals surface area contributed by atoms with E-state index in [-0.39, 0.29) is 5.56 Å². The maximum absolute atomic E-state index is 13.1. The van der Waals surface area contributed by atoms with Crippen molar-refractivity contribution in [1.82, 2.24) is 4.72 Å². The second-order valence-corrected chi connectivity index (χ2v) is 7.94. The van der Waals surface area contributed by atoms with Gasteiger partial charge in [-0.3, -0.25) is 0 Å². The highest BCUT2D eigenvalue weighted by molar-refractivity contribution is 9.10. The molecule has 0 aliphatic rings. The van der Waals surface area contributed by atoms with Crippen molar-refractivity contribution in [2.45, 2.75) is 37.7 Å². The van der Waals surface area contributed by atoms with Crippen molar-refractivity contribution in [2.75, 3.05) is 0 Å². The molecule has 1 aromatic rings. The molecule has 0 radical (unpaired) electrons. The average Bonchev–Trinajstić information content (AvgIpc) is 2.22. The summed E-state index contributed by atoms with van der Waals surface area (Å²) in [5.74, 6) is 0. The summed E-state index contributed by atoms with van der Waals surface area (Å²) in [6.07, 6.45) is -4.51. The predicted molar refractivity (Wildman–Crippen MR) is 74.0 cm³/mol. The van der Waals surface area contributed by atoms with Gasteiger partial charge in [0.15, 0.2) is 0 Å². The monoisotopic (exact) mass is 357 g/mol. The zero-order valence-electron chi connectivity index (χ0n) is 10.7. The molecule has 1 aromatic carbocycles. The third kappa shape index (κ3) is 4.89. The van der Waals surface area contributed by atoms with Gasteiger partial charge in [0.1, 0.15) is 6.04 Å². The normalized spacial score (nSPS) is 16.2. The van der Waals surface area contributed by atoms with Gasteiger partial charge in [0.05, 0.1) is 15.7 Å². The van der Waals surface area contributed by atoms with Gasteiger partial charge in [-0.1, -0.05) is 28.1 Å². The number of rotatable bonds is 3. The van der Waals surface area contributed by atoms with E-state index in [9.17, 15) is 17.4 Å². The van der Waals surface area contributed by atoms with Gasteiger partial charge >= 0.3 is 6.18 Å². The van der Waals surface area contributed by atoms with Crippen molar-refractivity contribution in [1.29, 1.82) is 0 Å². The Labute approximate surface area is 121 Å². The molecule has 1 N–H and O–H groups in total. The number of hydrogen-bond donors (Lipinski definition) is 1. The van der Waals surface area contributed by atoms with E-state index >= 15 is 0 Å². The van der Waals surface area contributed by atoms with Crippen molar-refractivity contribution in [2.24, 2.45) is 0 Å². The van der Waals surface area contributed by atoms with Crippen molar-refractivity contribution in [3.05, 3.63) is 34.3 Å². The summed E-state index contributed by atoms with van der Waals surface area (Å²) in [4.78, 5) is 0. The third-order valence-corrected chi connectivity index (χ3v) is 4.35. The maximum Gasteiger partial charge on any atom is 0.408 e. The van der Waals surface area contributed by atoms with Crippen LogP contribution in [0.1, 0.15) is 32.4 Å². The van der Waals surface area contributed by atoms with E-state index < -0.39 is 28.0 Å². The van der Waals surface area contributed by atoms with Crippen LogP contribution in [0, 0.1) is 0 Å². The lowest BCUT2D eigenvalue weighted by atomic mass is 10.1.